The number of nitrogens with one attached hydrogen (secondary N) is 2. The van der Waals surface area contributed by atoms with E-state index >= 15 is 0 Å². The molecule has 3 aliphatic rings. The lowest BCUT2D eigenvalue weighted by molar-refractivity contribution is -0.132. The number of benzene rings is 1. The van der Waals surface area contributed by atoms with Gasteiger partial charge in [-0.3, -0.25) is 9.69 Å². The number of imide groups is 1. The second kappa shape index (κ2) is 4.98. The third kappa shape index (κ3) is 2.06. The van der Waals surface area contributed by atoms with Crippen molar-refractivity contribution in [2.24, 2.45) is 0 Å². The van der Waals surface area contributed by atoms with Gasteiger partial charge in [0.1, 0.15) is 17.4 Å². The number of nitrogens with zero attached hydrogens (tertiary/aromatic N) is 1. The summed E-state index contributed by atoms with van der Waals surface area (Å²) >= 11 is 0. The number of carbonyl (C=O) groups excluding carboxylic acids is 2. The molecule has 116 valence electrons. The van der Waals surface area contributed by atoms with Crippen LogP contribution in [0.1, 0.15) is 18.4 Å². The monoisotopic (exact) mass is 301 g/mol. The van der Waals surface area contributed by atoms with Crippen LogP contribution >= 0.6 is 0 Å². The van der Waals surface area contributed by atoms with Crippen LogP contribution in [0.2, 0.25) is 0 Å². The summed E-state index contributed by atoms with van der Waals surface area (Å²) in [5, 5.41) is 6.13. The molecule has 1 unspecified atom stereocenters. The van der Waals surface area contributed by atoms with E-state index in [-0.39, 0.29) is 18.0 Å². The molecule has 2 saturated heterocycles. The van der Waals surface area contributed by atoms with Gasteiger partial charge in [-0.2, -0.15) is 0 Å². The van der Waals surface area contributed by atoms with Crippen LogP contribution in [0.5, 0.6) is 5.75 Å². The topological polar surface area (TPSA) is 70.7 Å². The van der Waals surface area contributed by atoms with E-state index in [0.29, 0.717) is 19.4 Å². The second-order valence-electron chi connectivity index (χ2n) is 6.23. The molecule has 6 nitrogen and oxygen atoms in total. The van der Waals surface area contributed by atoms with Crippen molar-refractivity contribution in [2.75, 3.05) is 19.6 Å². The zero-order valence-corrected chi connectivity index (χ0v) is 12.3. The Morgan fingerprint density at radius 1 is 1.23 bits per heavy atom. The van der Waals surface area contributed by atoms with Crippen molar-refractivity contribution in [1.82, 2.24) is 15.5 Å². The first-order valence-electron chi connectivity index (χ1n) is 7.77. The van der Waals surface area contributed by atoms with Gasteiger partial charge in [-0.05, 0) is 37.6 Å². The molecule has 2 fully saturated rings. The molecular weight excluding hydrogens is 282 g/mol. The van der Waals surface area contributed by atoms with Gasteiger partial charge in [0.25, 0.3) is 5.91 Å². The van der Waals surface area contributed by atoms with Gasteiger partial charge in [-0.25, -0.2) is 4.79 Å². The average Bonchev–Trinajstić information content (AvgIpc) is 3.03. The van der Waals surface area contributed by atoms with Crippen molar-refractivity contribution in [3.05, 3.63) is 29.8 Å². The van der Waals surface area contributed by atoms with Crippen LogP contribution in [-0.4, -0.2) is 48.1 Å². The van der Waals surface area contributed by atoms with Gasteiger partial charge >= 0.3 is 6.03 Å². The molecule has 0 bridgehead atoms. The maximum Gasteiger partial charge on any atom is 0.325 e. The smallest absolute Gasteiger partial charge is 0.325 e. The van der Waals surface area contributed by atoms with Crippen LogP contribution in [-0.2, 0) is 11.2 Å². The maximum atomic E-state index is 12.7. The molecule has 0 aromatic heterocycles. The zero-order chi connectivity index (χ0) is 15.2. The van der Waals surface area contributed by atoms with Gasteiger partial charge in [0.15, 0.2) is 0 Å². The van der Waals surface area contributed by atoms with E-state index in [9.17, 15) is 9.59 Å². The molecule has 3 heterocycles. The number of para-hydroxylation sites is 1. The number of hydrogen-bond donors (Lipinski definition) is 2. The van der Waals surface area contributed by atoms with E-state index in [1.54, 1.807) is 0 Å². The molecule has 6 heteroatoms. The average molecular weight is 301 g/mol. The molecule has 1 atom stereocenters. The highest BCUT2D eigenvalue weighted by Crippen LogP contribution is 2.31. The predicted molar refractivity (Wildman–Crippen MR) is 79.6 cm³/mol. The van der Waals surface area contributed by atoms with E-state index < -0.39 is 5.54 Å². The van der Waals surface area contributed by atoms with Crippen molar-refractivity contribution in [1.29, 1.82) is 0 Å². The lowest BCUT2D eigenvalue weighted by Crippen LogP contribution is -2.54. The van der Waals surface area contributed by atoms with Gasteiger partial charge in [-0.15, -0.1) is 0 Å². The summed E-state index contributed by atoms with van der Waals surface area (Å²) in [6.45, 7) is 1.82. The maximum absolute atomic E-state index is 12.7. The normalized spacial score (nSPS) is 26.0. The molecule has 1 spiro atoms. The van der Waals surface area contributed by atoms with Gasteiger partial charge in [0.2, 0.25) is 0 Å². The van der Waals surface area contributed by atoms with Crippen LogP contribution in [0.25, 0.3) is 0 Å². The Balaban J connectivity index is 1.48. The lowest BCUT2D eigenvalue weighted by atomic mass is 9.88. The summed E-state index contributed by atoms with van der Waals surface area (Å²) < 4.78 is 5.86. The predicted octanol–water partition coefficient (Wildman–Crippen LogP) is 0.664. The molecule has 0 radical (unpaired) electrons. The number of piperidine rings is 1. The van der Waals surface area contributed by atoms with E-state index in [0.717, 1.165) is 30.8 Å². The summed E-state index contributed by atoms with van der Waals surface area (Å²) in [4.78, 5) is 26.3. The first-order valence-corrected chi connectivity index (χ1v) is 7.77. The SMILES string of the molecule is O=C1NC2(CCNCC2)C(=O)N1CC1Cc2ccccc2O1. The molecule has 2 N–H and O–H groups in total. The molecule has 4 rings (SSSR count). The summed E-state index contributed by atoms with van der Waals surface area (Å²) in [7, 11) is 0. The van der Waals surface area contributed by atoms with Crippen LogP contribution in [0, 0.1) is 0 Å². The first kappa shape index (κ1) is 13.6. The summed E-state index contributed by atoms with van der Waals surface area (Å²) in [6, 6.07) is 7.57. The quantitative estimate of drug-likeness (QED) is 0.788. The van der Waals surface area contributed by atoms with Crippen LogP contribution in [0.4, 0.5) is 4.79 Å². The number of amides is 3. The van der Waals surface area contributed by atoms with Crippen LogP contribution in [0.3, 0.4) is 0 Å². The van der Waals surface area contributed by atoms with Crippen LogP contribution in [0.15, 0.2) is 24.3 Å². The fourth-order valence-corrected chi connectivity index (χ4v) is 3.59. The Hall–Kier alpha value is -2.08. The number of carbonyl (C=O) groups is 2. The number of hydrogen-bond acceptors (Lipinski definition) is 4. The Bertz CT molecular complexity index is 600. The lowest BCUT2D eigenvalue weighted by Gasteiger charge is -2.31. The molecular formula is C16H19N3O3. The number of ether oxygens (including phenoxy) is 1. The van der Waals surface area contributed by atoms with Gasteiger partial charge < -0.3 is 15.4 Å². The van der Waals surface area contributed by atoms with Crippen molar-refractivity contribution in [3.63, 3.8) is 0 Å². The van der Waals surface area contributed by atoms with Gasteiger partial charge in [-0.1, -0.05) is 18.2 Å². The highest BCUT2D eigenvalue weighted by atomic mass is 16.5. The first-order chi connectivity index (χ1) is 10.7. The van der Waals surface area contributed by atoms with Crippen molar-refractivity contribution in [2.45, 2.75) is 30.9 Å². The van der Waals surface area contributed by atoms with Gasteiger partial charge in [0, 0.05) is 6.42 Å². The number of rotatable bonds is 2. The molecule has 0 saturated carbocycles. The molecule has 1 aromatic rings. The number of urea groups is 1. The Morgan fingerprint density at radius 3 is 2.77 bits per heavy atom. The minimum atomic E-state index is -0.701. The molecule has 0 aliphatic carbocycles. The minimum Gasteiger partial charge on any atom is -0.488 e. The second-order valence-corrected chi connectivity index (χ2v) is 6.23. The molecule has 1 aromatic carbocycles. The van der Waals surface area contributed by atoms with Crippen molar-refractivity contribution in [3.8, 4) is 5.75 Å². The summed E-state index contributed by atoms with van der Waals surface area (Å²) in [6.07, 6.45) is 1.89. The third-order valence-corrected chi connectivity index (χ3v) is 4.80. The molecule has 22 heavy (non-hydrogen) atoms. The van der Waals surface area contributed by atoms with E-state index in [1.165, 1.54) is 4.90 Å². The fourth-order valence-electron chi connectivity index (χ4n) is 3.59. The van der Waals surface area contributed by atoms with Crippen LogP contribution < -0.4 is 15.4 Å². The third-order valence-electron chi connectivity index (χ3n) is 4.80. The highest BCUT2D eigenvalue weighted by Gasteiger charge is 2.52. The number of fused-ring (bicyclic) bond motifs is 1. The van der Waals surface area contributed by atoms with Crippen molar-refractivity contribution < 1.29 is 14.3 Å². The minimum absolute atomic E-state index is 0.0986. The highest BCUT2D eigenvalue weighted by molar-refractivity contribution is 6.07. The van der Waals surface area contributed by atoms with E-state index in [2.05, 4.69) is 10.6 Å². The Morgan fingerprint density at radius 2 is 2.00 bits per heavy atom. The fraction of sp³-hybridized carbons (Fsp3) is 0.500. The van der Waals surface area contributed by atoms with E-state index in [4.69, 9.17) is 4.74 Å². The van der Waals surface area contributed by atoms with Crippen molar-refractivity contribution >= 4 is 11.9 Å². The largest absolute Gasteiger partial charge is 0.488 e. The van der Waals surface area contributed by atoms with Gasteiger partial charge in [0.05, 0.1) is 6.54 Å². The summed E-state index contributed by atoms with van der Waals surface area (Å²) in [5.74, 6) is 0.759. The Labute approximate surface area is 128 Å². The Kier molecular flexibility index (Phi) is 3.07. The standard InChI is InChI=1S/C16H19N3O3/c20-14-16(5-7-17-8-6-16)18-15(21)19(14)10-12-9-11-3-1-2-4-13(11)22-12/h1-4,12,17H,5-10H2,(H,18,21). The zero-order valence-electron chi connectivity index (χ0n) is 12.3. The molecule has 3 amide bonds. The van der Waals surface area contributed by atoms with E-state index in [1.807, 2.05) is 24.3 Å². The summed E-state index contributed by atoms with van der Waals surface area (Å²) in [5.41, 5.74) is 0.435. The molecule has 3 aliphatic heterocycles.